The van der Waals surface area contributed by atoms with E-state index in [9.17, 15) is 0 Å². The van der Waals surface area contributed by atoms with Crippen LogP contribution in [0.1, 0.15) is 5.56 Å². The third-order valence-corrected chi connectivity index (χ3v) is 2.65. The highest BCUT2D eigenvalue weighted by Crippen LogP contribution is 2.23. The Morgan fingerprint density at radius 1 is 1.47 bits per heavy atom. The summed E-state index contributed by atoms with van der Waals surface area (Å²) in [4.78, 5) is 4.01. The van der Waals surface area contributed by atoms with E-state index in [4.69, 9.17) is 4.74 Å². The van der Waals surface area contributed by atoms with E-state index in [1.165, 1.54) is 0 Å². The molecule has 0 amide bonds. The second-order valence-corrected chi connectivity index (χ2v) is 4.11. The van der Waals surface area contributed by atoms with Crippen molar-refractivity contribution in [3.63, 3.8) is 0 Å². The number of aromatic nitrogens is 2. The zero-order valence-corrected chi connectivity index (χ0v) is 9.94. The summed E-state index contributed by atoms with van der Waals surface area (Å²) in [5, 5.41) is 0. The first-order valence-electron chi connectivity index (χ1n) is 4.58. The highest BCUT2D eigenvalue weighted by Gasteiger charge is 2.03. The quantitative estimate of drug-likeness (QED) is 0.854. The van der Waals surface area contributed by atoms with Gasteiger partial charge in [-0.05, 0) is 18.2 Å². The third-order valence-electron chi connectivity index (χ3n) is 2.15. The normalized spacial score (nSPS) is 10.3. The van der Waals surface area contributed by atoms with Crippen LogP contribution in [0.25, 0.3) is 0 Å². The van der Waals surface area contributed by atoms with Crippen LogP contribution >= 0.6 is 15.9 Å². The molecule has 0 aliphatic rings. The molecule has 0 unspecified atom stereocenters. The fourth-order valence-electron chi connectivity index (χ4n) is 1.45. The Kier molecular flexibility index (Phi) is 3.06. The summed E-state index contributed by atoms with van der Waals surface area (Å²) in [5.74, 6) is 0.895. The number of hydrogen-bond acceptors (Lipinski definition) is 2. The van der Waals surface area contributed by atoms with E-state index in [1.807, 2.05) is 22.9 Å². The first kappa shape index (κ1) is 10.2. The zero-order chi connectivity index (χ0) is 10.7. The predicted molar refractivity (Wildman–Crippen MR) is 62.0 cm³/mol. The summed E-state index contributed by atoms with van der Waals surface area (Å²) < 4.78 is 8.35. The average Bonchev–Trinajstić information content (AvgIpc) is 2.71. The fourth-order valence-corrected chi connectivity index (χ4v) is 1.86. The molecule has 0 fully saturated rings. The summed E-state index contributed by atoms with van der Waals surface area (Å²) >= 11 is 3.45. The van der Waals surface area contributed by atoms with E-state index in [2.05, 4.69) is 27.0 Å². The lowest BCUT2D eigenvalue weighted by molar-refractivity contribution is 0.408. The number of halogens is 1. The minimum atomic E-state index is 0.766. The predicted octanol–water partition coefficient (Wildman–Crippen LogP) is 2.70. The van der Waals surface area contributed by atoms with Crippen molar-refractivity contribution < 1.29 is 4.74 Å². The molecule has 0 aliphatic carbocycles. The van der Waals surface area contributed by atoms with Crippen molar-refractivity contribution in [2.24, 2.45) is 0 Å². The molecule has 1 heterocycles. The van der Waals surface area contributed by atoms with Gasteiger partial charge in [0.25, 0.3) is 0 Å². The van der Waals surface area contributed by atoms with Crippen molar-refractivity contribution >= 4 is 15.9 Å². The molecule has 1 aromatic carbocycles. The first-order valence-corrected chi connectivity index (χ1v) is 5.37. The topological polar surface area (TPSA) is 27.1 Å². The lowest BCUT2D eigenvalue weighted by atomic mass is 10.2. The van der Waals surface area contributed by atoms with Gasteiger partial charge in [0.2, 0.25) is 0 Å². The second kappa shape index (κ2) is 4.49. The largest absolute Gasteiger partial charge is 0.496 e. The van der Waals surface area contributed by atoms with Crippen LogP contribution in [0, 0.1) is 0 Å². The van der Waals surface area contributed by atoms with Crippen molar-refractivity contribution in [3.05, 3.63) is 47.0 Å². The van der Waals surface area contributed by atoms with E-state index in [0.29, 0.717) is 0 Å². The van der Waals surface area contributed by atoms with Gasteiger partial charge >= 0.3 is 0 Å². The number of rotatable bonds is 3. The molecule has 0 aliphatic heterocycles. The Balaban J connectivity index is 2.30. The van der Waals surface area contributed by atoms with Crippen LogP contribution in [0.3, 0.4) is 0 Å². The van der Waals surface area contributed by atoms with Gasteiger partial charge in [-0.25, -0.2) is 4.98 Å². The summed E-state index contributed by atoms with van der Waals surface area (Å²) in [6.45, 7) is 0.766. The van der Waals surface area contributed by atoms with Gasteiger partial charge in [0, 0.05) is 22.4 Å². The first-order chi connectivity index (χ1) is 7.29. The number of nitrogens with zero attached hydrogens (tertiary/aromatic N) is 2. The van der Waals surface area contributed by atoms with E-state index >= 15 is 0 Å². The Labute approximate surface area is 96.8 Å². The van der Waals surface area contributed by atoms with Crippen molar-refractivity contribution in [1.29, 1.82) is 0 Å². The minimum absolute atomic E-state index is 0.766. The Morgan fingerprint density at radius 2 is 2.33 bits per heavy atom. The van der Waals surface area contributed by atoms with Gasteiger partial charge in [-0.15, -0.1) is 0 Å². The van der Waals surface area contributed by atoms with Crippen molar-refractivity contribution in [3.8, 4) is 5.75 Å². The summed E-state index contributed by atoms with van der Waals surface area (Å²) in [7, 11) is 1.68. The molecular weight excluding hydrogens is 256 g/mol. The molecule has 1 aromatic heterocycles. The molecule has 0 spiro atoms. The van der Waals surface area contributed by atoms with Crippen LogP contribution in [-0.4, -0.2) is 16.7 Å². The maximum absolute atomic E-state index is 5.29. The van der Waals surface area contributed by atoms with Crippen LogP contribution in [0.15, 0.2) is 41.4 Å². The SMILES string of the molecule is COc1ccc(Br)cc1Cn1ccnc1. The molecule has 15 heavy (non-hydrogen) atoms. The molecule has 78 valence electrons. The minimum Gasteiger partial charge on any atom is -0.496 e. The maximum Gasteiger partial charge on any atom is 0.123 e. The standard InChI is InChI=1S/C11H11BrN2O/c1-15-11-3-2-10(12)6-9(11)7-14-5-4-13-8-14/h2-6,8H,7H2,1H3. The highest BCUT2D eigenvalue weighted by atomic mass is 79.9. The number of benzene rings is 1. The number of hydrogen-bond donors (Lipinski definition) is 0. The lowest BCUT2D eigenvalue weighted by Crippen LogP contribution is -1.99. The van der Waals surface area contributed by atoms with Crippen LogP contribution in [0.5, 0.6) is 5.75 Å². The number of methoxy groups -OCH3 is 1. The van der Waals surface area contributed by atoms with Crippen molar-refractivity contribution in [2.75, 3.05) is 7.11 Å². The van der Waals surface area contributed by atoms with Crippen molar-refractivity contribution in [1.82, 2.24) is 9.55 Å². The van der Waals surface area contributed by atoms with E-state index in [0.717, 1.165) is 22.3 Å². The van der Waals surface area contributed by atoms with Crippen LogP contribution < -0.4 is 4.74 Å². The van der Waals surface area contributed by atoms with Gasteiger partial charge in [0.15, 0.2) is 0 Å². The highest BCUT2D eigenvalue weighted by molar-refractivity contribution is 9.10. The van der Waals surface area contributed by atoms with Gasteiger partial charge < -0.3 is 9.30 Å². The van der Waals surface area contributed by atoms with Gasteiger partial charge in [-0.2, -0.15) is 0 Å². The van der Waals surface area contributed by atoms with Gasteiger partial charge in [0.1, 0.15) is 5.75 Å². The summed E-state index contributed by atoms with van der Waals surface area (Å²) in [6.07, 6.45) is 5.49. The Bertz CT molecular complexity index is 440. The maximum atomic E-state index is 5.29. The summed E-state index contributed by atoms with van der Waals surface area (Å²) in [6, 6.07) is 5.98. The smallest absolute Gasteiger partial charge is 0.123 e. The van der Waals surface area contributed by atoms with Gasteiger partial charge in [0.05, 0.1) is 20.0 Å². The lowest BCUT2D eigenvalue weighted by Gasteiger charge is -2.09. The molecular formula is C11H11BrN2O. The zero-order valence-electron chi connectivity index (χ0n) is 8.35. The fraction of sp³-hybridized carbons (Fsp3) is 0.182. The molecule has 2 aromatic rings. The van der Waals surface area contributed by atoms with Crippen LogP contribution in [0.2, 0.25) is 0 Å². The Hall–Kier alpha value is -1.29. The Morgan fingerprint density at radius 3 is 3.00 bits per heavy atom. The average molecular weight is 267 g/mol. The van der Waals surface area contributed by atoms with E-state index < -0.39 is 0 Å². The molecule has 0 N–H and O–H groups in total. The third kappa shape index (κ3) is 2.39. The molecule has 0 atom stereocenters. The molecule has 2 rings (SSSR count). The number of ether oxygens (including phenoxy) is 1. The second-order valence-electron chi connectivity index (χ2n) is 3.19. The molecule has 4 heteroatoms. The van der Waals surface area contributed by atoms with Crippen LogP contribution in [0.4, 0.5) is 0 Å². The number of imidazole rings is 1. The molecule has 0 radical (unpaired) electrons. The molecule has 0 bridgehead atoms. The van der Waals surface area contributed by atoms with E-state index in [1.54, 1.807) is 19.6 Å². The van der Waals surface area contributed by atoms with Gasteiger partial charge in [-0.1, -0.05) is 15.9 Å². The van der Waals surface area contributed by atoms with E-state index in [-0.39, 0.29) is 0 Å². The molecule has 3 nitrogen and oxygen atoms in total. The van der Waals surface area contributed by atoms with Gasteiger partial charge in [-0.3, -0.25) is 0 Å². The van der Waals surface area contributed by atoms with Crippen molar-refractivity contribution in [2.45, 2.75) is 6.54 Å². The molecule has 0 saturated heterocycles. The van der Waals surface area contributed by atoms with Crippen LogP contribution in [-0.2, 0) is 6.54 Å². The monoisotopic (exact) mass is 266 g/mol. The summed E-state index contributed by atoms with van der Waals surface area (Å²) in [5.41, 5.74) is 1.13. The molecule has 0 saturated carbocycles.